The number of carbonyl (C=O) groups is 1. The summed E-state index contributed by atoms with van der Waals surface area (Å²) in [6.07, 6.45) is 2.83. The number of piperazine rings is 1. The molecule has 0 unspecified atom stereocenters. The minimum Gasteiger partial charge on any atom is -0.467 e. The zero-order chi connectivity index (χ0) is 22.3. The Morgan fingerprint density at radius 1 is 1.16 bits per heavy atom. The van der Waals surface area contributed by atoms with E-state index >= 15 is 0 Å². The summed E-state index contributed by atoms with van der Waals surface area (Å²) < 4.78 is 10.1. The number of hydrogen-bond acceptors (Lipinski definition) is 7. The van der Waals surface area contributed by atoms with Crippen LogP contribution in [0.3, 0.4) is 0 Å². The number of rotatable bonds is 9. The van der Waals surface area contributed by atoms with E-state index in [1.807, 2.05) is 17.0 Å². The number of aromatic nitrogens is 2. The fourth-order valence-corrected chi connectivity index (χ4v) is 4.58. The molecule has 1 aliphatic heterocycles. The van der Waals surface area contributed by atoms with Crippen LogP contribution in [0.2, 0.25) is 0 Å². The van der Waals surface area contributed by atoms with Gasteiger partial charge >= 0.3 is 0 Å². The molecule has 0 radical (unpaired) electrons. The third-order valence-electron chi connectivity index (χ3n) is 5.91. The Morgan fingerprint density at radius 3 is 2.62 bits per heavy atom. The van der Waals surface area contributed by atoms with Gasteiger partial charge in [0.15, 0.2) is 0 Å². The number of benzene rings is 1. The summed E-state index contributed by atoms with van der Waals surface area (Å²) in [6.45, 7) is 9.99. The normalized spacial score (nSPS) is 14.6. The minimum absolute atomic E-state index is 0.203. The average Bonchev–Trinajstić information content (AvgIpc) is 3.50. The van der Waals surface area contributed by atoms with Crippen LogP contribution in [0.5, 0.6) is 0 Å². The predicted molar refractivity (Wildman–Crippen MR) is 127 cm³/mol. The van der Waals surface area contributed by atoms with Gasteiger partial charge in [0.25, 0.3) is 0 Å². The molecule has 3 aromatic rings. The van der Waals surface area contributed by atoms with Gasteiger partial charge in [-0.2, -0.15) is 4.37 Å². The van der Waals surface area contributed by atoms with Crippen molar-refractivity contribution in [2.45, 2.75) is 33.2 Å². The number of likely N-dealkylation sites (N-methyl/N-ethyl adjacent to an activating group) is 1. The van der Waals surface area contributed by atoms with Crippen molar-refractivity contribution in [3.05, 3.63) is 65.4 Å². The van der Waals surface area contributed by atoms with E-state index in [9.17, 15) is 4.79 Å². The quantitative estimate of drug-likeness (QED) is 0.493. The molecule has 1 fully saturated rings. The average molecular weight is 454 g/mol. The van der Waals surface area contributed by atoms with Gasteiger partial charge in [-0.25, -0.2) is 4.98 Å². The maximum Gasteiger partial charge on any atom is 0.224 e. The van der Waals surface area contributed by atoms with E-state index in [-0.39, 0.29) is 5.91 Å². The molecule has 4 rings (SSSR count). The molecule has 32 heavy (non-hydrogen) atoms. The Kier molecular flexibility index (Phi) is 7.55. The highest BCUT2D eigenvalue weighted by atomic mass is 32.1. The molecule has 0 aliphatic carbocycles. The zero-order valence-electron chi connectivity index (χ0n) is 18.9. The van der Waals surface area contributed by atoms with Crippen molar-refractivity contribution in [2.75, 3.05) is 44.2 Å². The Hall–Kier alpha value is -2.71. The molecular formula is C24H31N5O2S. The molecule has 7 nitrogen and oxygen atoms in total. The first-order chi connectivity index (χ1) is 15.6. The largest absolute Gasteiger partial charge is 0.467 e. The maximum atomic E-state index is 12.8. The highest BCUT2D eigenvalue weighted by molar-refractivity contribution is 7.09. The fourth-order valence-electron chi connectivity index (χ4n) is 3.87. The first kappa shape index (κ1) is 22.5. The number of carbonyl (C=O) groups excluding carboxylic acids is 1. The maximum absolute atomic E-state index is 12.8. The SMILES string of the molecule is CCN1CCN(C(=O)CCN(Cc2ccco2)c2nc(Cc3ccc(C)cc3)ns2)CC1. The summed E-state index contributed by atoms with van der Waals surface area (Å²) in [5.74, 6) is 1.86. The van der Waals surface area contributed by atoms with Crippen molar-refractivity contribution in [1.29, 1.82) is 0 Å². The Balaban J connectivity index is 1.40. The summed E-state index contributed by atoms with van der Waals surface area (Å²) in [5.41, 5.74) is 2.44. The van der Waals surface area contributed by atoms with Gasteiger partial charge in [-0.1, -0.05) is 36.8 Å². The molecule has 3 heterocycles. The molecule has 1 aliphatic rings. The Labute approximate surface area is 193 Å². The Bertz CT molecular complexity index is 978. The number of hydrogen-bond donors (Lipinski definition) is 0. The molecule has 170 valence electrons. The zero-order valence-corrected chi connectivity index (χ0v) is 19.7. The fraction of sp³-hybridized carbons (Fsp3) is 0.458. The standard InChI is InChI=1S/C24H31N5O2S/c1-3-27-12-14-28(15-13-27)23(30)10-11-29(18-21-5-4-16-31-21)24-25-22(26-32-24)17-20-8-6-19(2)7-9-20/h4-9,16H,3,10-15,17-18H2,1-2H3. The number of furan rings is 1. The van der Waals surface area contributed by atoms with Crippen molar-refractivity contribution in [2.24, 2.45) is 0 Å². The van der Waals surface area contributed by atoms with Crippen LogP contribution in [0.15, 0.2) is 47.1 Å². The molecule has 0 spiro atoms. The third kappa shape index (κ3) is 5.95. The van der Waals surface area contributed by atoms with Gasteiger partial charge in [-0.05, 0) is 31.2 Å². The van der Waals surface area contributed by atoms with Gasteiger partial charge in [-0.15, -0.1) is 0 Å². The first-order valence-electron chi connectivity index (χ1n) is 11.3. The van der Waals surface area contributed by atoms with Crippen LogP contribution in [0, 0.1) is 6.92 Å². The molecule has 0 saturated carbocycles. The van der Waals surface area contributed by atoms with Crippen LogP contribution in [0.4, 0.5) is 5.13 Å². The van der Waals surface area contributed by atoms with Crippen molar-refractivity contribution >= 4 is 22.6 Å². The van der Waals surface area contributed by atoms with Gasteiger partial charge in [0.2, 0.25) is 11.0 Å². The summed E-state index contributed by atoms with van der Waals surface area (Å²) in [6, 6.07) is 12.3. The topological polar surface area (TPSA) is 65.7 Å². The molecule has 0 atom stereocenters. The molecule has 8 heteroatoms. The highest BCUT2D eigenvalue weighted by Gasteiger charge is 2.22. The molecule has 2 aromatic heterocycles. The van der Waals surface area contributed by atoms with E-state index in [0.29, 0.717) is 25.9 Å². The number of aryl methyl sites for hydroxylation is 1. The van der Waals surface area contributed by atoms with E-state index in [0.717, 1.165) is 49.4 Å². The van der Waals surface area contributed by atoms with Crippen LogP contribution >= 0.6 is 11.5 Å². The summed E-state index contributed by atoms with van der Waals surface area (Å²) in [4.78, 5) is 24.1. The van der Waals surface area contributed by atoms with E-state index in [4.69, 9.17) is 9.40 Å². The van der Waals surface area contributed by atoms with Crippen molar-refractivity contribution in [3.63, 3.8) is 0 Å². The van der Waals surface area contributed by atoms with Crippen molar-refractivity contribution < 1.29 is 9.21 Å². The van der Waals surface area contributed by atoms with Crippen LogP contribution in [0.25, 0.3) is 0 Å². The second-order valence-corrected chi connectivity index (χ2v) is 8.95. The lowest BCUT2D eigenvalue weighted by Crippen LogP contribution is -2.49. The van der Waals surface area contributed by atoms with Crippen molar-refractivity contribution in [3.8, 4) is 0 Å². The van der Waals surface area contributed by atoms with Crippen molar-refractivity contribution in [1.82, 2.24) is 19.2 Å². The minimum atomic E-state index is 0.203. The Morgan fingerprint density at radius 2 is 1.94 bits per heavy atom. The lowest BCUT2D eigenvalue weighted by Gasteiger charge is -2.34. The number of anilines is 1. The molecule has 1 saturated heterocycles. The highest BCUT2D eigenvalue weighted by Crippen LogP contribution is 2.22. The predicted octanol–water partition coefficient (Wildman–Crippen LogP) is 3.59. The molecule has 1 amide bonds. The molecule has 0 bridgehead atoms. The van der Waals surface area contributed by atoms with E-state index in [1.54, 1.807) is 6.26 Å². The van der Waals surface area contributed by atoms with E-state index in [2.05, 4.69) is 52.3 Å². The van der Waals surface area contributed by atoms with E-state index < -0.39 is 0 Å². The molecule has 0 N–H and O–H groups in total. The van der Waals surface area contributed by atoms with Gasteiger partial charge in [0, 0.05) is 57.1 Å². The molecule has 1 aromatic carbocycles. The monoisotopic (exact) mass is 453 g/mol. The van der Waals surface area contributed by atoms with Gasteiger partial charge in [-0.3, -0.25) is 4.79 Å². The lowest BCUT2D eigenvalue weighted by molar-refractivity contribution is -0.132. The molecular weight excluding hydrogens is 422 g/mol. The van der Waals surface area contributed by atoms with Crippen LogP contribution in [-0.2, 0) is 17.8 Å². The number of nitrogens with zero attached hydrogens (tertiary/aromatic N) is 5. The second kappa shape index (κ2) is 10.7. The van der Waals surface area contributed by atoms with Gasteiger partial charge < -0.3 is 19.1 Å². The number of amides is 1. The van der Waals surface area contributed by atoms with Gasteiger partial charge in [0.1, 0.15) is 11.6 Å². The summed E-state index contributed by atoms with van der Waals surface area (Å²) in [7, 11) is 0. The lowest BCUT2D eigenvalue weighted by atomic mass is 10.1. The smallest absolute Gasteiger partial charge is 0.224 e. The second-order valence-electron chi connectivity index (χ2n) is 8.22. The van der Waals surface area contributed by atoms with Crippen LogP contribution < -0.4 is 4.90 Å². The summed E-state index contributed by atoms with van der Waals surface area (Å²) in [5, 5.41) is 0.826. The first-order valence-corrected chi connectivity index (χ1v) is 12.0. The van der Waals surface area contributed by atoms with Crippen LogP contribution in [-0.4, -0.2) is 64.3 Å². The van der Waals surface area contributed by atoms with Gasteiger partial charge in [0.05, 0.1) is 12.8 Å². The third-order valence-corrected chi connectivity index (χ3v) is 6.72. The van der Waals surface area contributed by atoms with Crippen LogP contribution in [0.1, 0.15) is 36.1 Å². The summed E-state index contributed by atoms with van der Waals surface area (Å²) >= 11 is 1.38. The van der Waals surface area contributed by atoms with E-state index in [1.165, 1.54) is 22.7 Å².